The molecule has 0 amide bonds. The van der Waals surface area contributed by atoms with Gasteiger partial charge in [0.1, 0.15) is 5.60 Å². The Morgan fingerprint density at radius 3 is 0.905 bits per heavy atom. The number of hydrogen-bond acceptors (Lipinski definition) is 6. The Balaban J connectivity index is 0.000000556. The number of aryl methyl sites for hydroxylation is 3. The first-order chi connectivity index (χ1) is 35.6. The zero-order chi connectivity index (χ0) is 54.8. The van der Waals surface area contributed by atoms with Crippen LogP contribution in [0.25, 0.3) is 0 Å². The molecule has 0 aliphatic carbocycles. The molecule has 0 spiro atoms. The number of unbranched alkanes of at least 4 members (excludes halogenated alkanes) is 30. The Morgan fingerprint density at radius 2 is 0.662 bits per heavy atom. The zero-order valence-corrected chi connectivity index (χ0v) is 48.3. The van der Waals surface area contributed by atoms with Gasteiger partial charge in [-0.1, -0.05) is 213 Å². The minimum Gasteiger partial charge on any atom is -0.464 e. The van der Waals surface area contributed by atoms with E-state index in [2.05, 4.69) is 40.5 Å². The monoisotopic (exact) mass is 1050 g/mol. The van der Waals surface area contributed by atoms with E-state index in [-0.39, 0.29) is 23.2 Å². The van der Waals surface area contributed by atoms with Crippen molar-refractivity contribution < 1.29 is 41.8 Å². The highest BCUT2D eigenvalue weighted by Gasteiger charge is 2.24. The molecule has 3 N–H and O–H groups in total. The second kappa shape index (κ2) is 43.2. The van der Waals surface area contributed by atoms with Gasteiger partial charge in [-0.15, -0.1) is 0 Å². The molecule has 3 aromatic heterocycles. The minimum absolute atomic E-state index is 0.0493. The van der Waals surface area contributed by atoms with Gasteiger partial charge in [0.25, 0.3) is 0 Å². The van der Waals surface area contributed by atoms with Crippen molar-refractivity contribution in [3.63, 3.8) is 0 Å². The smallest absolute Gasteiger partial charge is 0.358 e. The zero-order valence-electron chi connectivity index (χ0n) is 48.3. The van der Waals surface area contributed by atoms with E-state index in [1.165, 1.54) is 180 Å². The summed E-state index contributed by atoms with van der Waals surface area (Å²) in [5, 5.41) is 0. The molecule has 12 heteroatoms. The molecule has 0 aromatic carbocycles. The van der Waals surface area contributed by atoms with Gasteiger partial charge >= 0.3 is 17.9 Å². The average molecular weight is 1050 g/mol. The Bertz CT molecular complexity index is 1860. The van der Waals surface area contributed by atoms with Gasteiger partial charge in [-0.3, -0.25) is 0 Å². The molecule has 426 valence electrons. The van der Waals surface area contributed by atoms with Crippen LogP contribution in [-0.4, -0.2) is 51.7 Å². The number of carbonyl (C=O) groups is 3. The third kappa shape index (κ3) is 32.5. The van der Waals surface area contributed by atoms with Gasteiger partial charge in [0, 0.05) is 35.3 Å². The maximum absolute atomic E-state index is 14.3. The van der Waals surface area contributed by atoms with E-state index in [4.69, 9.17) is 9.47 Å². The number of aromatic nitrogens is 3. The summed E-state index contributed by atoms with van der Waals surface area (Å²) in [5.41, 5.74) is 0.968. The van der Waals surface area contributed by atoms with Crippen molar-refractivity contribution in [2.24, 2.45) is 0 Å². The third-order valence-electron chi connectivity index (χ3n) is 13.4. The number of H-pyrrole nitrogens is 3. The number of aromatic amines is 3. The molecule has 3 heterocycles. The first kappa shape index (κ1) is 68.1. The van der Waals surface area contributed by atoms with Crippen LogP contribution in [0, 0.1) is 17.5 Å². The van der Waals surface area contributed by atoms with Crippen molar-refractivity contribution in [3.05, 3.63) is 69.8 Å². The van der Waals surface area contributed by atoms with Crippen LogP contribution in [0.3, 0.4) is 0 Å². The summed E-state index contributed by atoms with van der Waals surface area (Å²) >= 11 is 0. The van der Waals surface area contributed by atoms with Crippen LogP contribution in [-0.2, 0) is 33.5 Å². The molecule has 3 aromatic rings. The minimum atomic E-state index is -0.646. The van der Waals surface area contributed by atoms with E-state index in [9.17, 15) is 27.6 Å². The van der Waals surface area contributed by atoms with Crippen LogP contribution in [0.2, 0.25) is 0 Å². The Labute approximate surface area is 448 Å². The van der Waals surface area contributed by atoms with Crippen LogP contribution < -0.4 is 0 Å². The van der Waals surface area contributed by atoms with E-state index >= 15 is 0 Å². The fourth-order valence-corrected chi connectivity index (χ4v) is 8.97. The summed E-state index contributed by atoms with van der Waals surface area (Å²) in [4.78, 5) is 43.2. The molecule has 74 heavy (non-hydrogen) atoms. The van der Waals surface area contributed by atoms with Gasteiger partial charge in [-0.05, 0) is 73.1 Å². The van der Waals surface area contributed by atoms with Crippen LogP contribution in [0.5, 0.6) is 0 Å². The first-order valence-electron chi connectivity index (χ1n) is 29.7. The number of esters is 3. The fraction of sp³-hybridized carbons (Fsp3) is 0.758. The molecular weight excluding hydrogens is 940 g/mol. The highest BCUT2D eigenvalue weighted by Crippen LogP contribution is 2.22. The molecular formula is C62H106F3N3O6. The maximum Gasteiger partial charge on any atom is 0.358 e. The van der Waals surface area contributed by atoms with Crippen LogP contribution in [0.1, 0.15) is 315 Å². The van der Waals surface area contributed by atoms with Crippen LogP contribution in [0.4, 0.5) is 13.2 Å². The highest BCUT2D eigenvalue weighted by atomic mass is 19.1. The lowest BCUT2D eigenvalue weighted by Crippen LogP contribution is -2.24. The molecule has 9 nitrogen and oxygen atoms in total. The summed E-state index contributed by atoms with van der Waals surface area (Å²) in [7, 11) is 1.26. The normalized spacial score (nSPS) is 11.3. The van der Waals surface area contributed by atoms with E-state index in [0.29, 0.717) is 36.0 Å². The molecule has 3 rings (SSSR count). The van der Waals surface area contributed by atoms with Crippen molar-refractivity contribution in [1.29, 1.82) is 0 Å². The number of hydrogen-bond donors (Lipinski definition) is 3. The predicted octanol–water partition coefficient (Wildman–Crippen LogP) is 19.3. The third-order valence-corrected chi connectivity index (χ3v) is 13.4. The Hall–Kier alpha value is -3.96. The molecule has 0 radical (unpaired) electrons. The lowest BCUT2D eigenvalue weighted by molar-refractivity contribution is 0.00578. The number of halogens is 3. The number of carbonyl (C=O) groups excluding carboxylic acids is 3. The number of ether oxygens (including phenoxy) is 3. The standard InChI is InChI=1S/C22H38FNO2.C21H36FNO2.C19H32FNO2/c1-5-6-7-8-9-10-11-12-13-14-15-16-18-17-24-20(19(18)23)21(25)26-22(2,3)4;1-4-5-6-7-8-9-10-11-12-13-14-15-18-16-23-20(19(18)22)21(24)25-17(2)3;1-3-4-5-6-7-8-9-10-11-12-13-14-16-15-21-18(17(16)20)19(22)23-2/h17,24H,5-16H2,1-4H3;16-17,23H,4-15H2,1-3H3;15,21H,3-14H2,1-2H3. The summed E-state index contributed by atoms with van der Waals surface area (Å²) < 4.78 is 57.3. The van der Waals surface area contributed by atoms with E-state index in [0.717, 1.165) is 38.5 Å². The van der Waals surface area contributed by atoms with Crippen molar-refractivity contribution in [1.82, 2.24) is 15.0 Å². The van der Waals surface area contributed by atoms with Crippen molar-refractivity contribution in [3.8, 4) is 0 Å². The summed E-state index contributed by atoms with van der Waals surface area (Å²) in [6.45, 7) is 15.6. The van der Waals surface area contributed by atoms with Gasteiger partial charge in [0.05, 0.1) is 13.2 Å². The van der Waals surface area contributed by atoms with Crippen molar-refractivity contribution in [2.75, 3.05) is 7.11 Å². The number of rotatable bonds is 40. The first-order valence-corrected chi connectivity index (χ1v) is 29.7. The lowest BCUT2D eigenvalue weighted by Gasteiger charge is -2.18. The summed E-state index contributed by atoms with van der Waals surface area (Å²) in [5.74, 6) is -3.24. The predicted molar refractivity (Wildman–Crippen MR) is 300 cm³/mol. The maximum atomic E-state index is 14.3. The molecule has 0 bridgehead atoms. The largest absolute Gasteiger partial charge is 0.464 e. The molecule has 0 atom stereocenters. The summed E-state index contributed by atoms with van der Waals surface area (Å²) in [6, 6.07) is 0. The van der Waals surface area contributed by atoms with E-state index in [1.54, 1.807) is 53.2 Å². The van der Waals surface area contributed by atoms with E-state index < -0.39 is 41.0 Å². The highest BCUT2D eigenvalue weighted by molar-refractivity contribution is 5.89. The Morgan fingerprint density at radius 1 is 0.419 bits per heavy atom. The van der Waals surface area contributed by atoms with Gasteiger partial charge in [0.15, 0.2) is 34.5 Å². The van der Waals surface area contributed by atoms with Gasteiger partial charge < -0.3 is 29.2 Å². The Kier molecular flexibility index (Phi) is 39.7. The van der Waals surface area contributed by atoms with Gasteiger partial charge in [-0.2, -0.15) is 0 Å². The SMILES string of the molecule is CCCCCCCCCCCCCc1c[nH]c(C(=O)OC(C)(C)C)c1F.CCCCCCCCCCCCCc1c[nH]c(C(=O)OC(C)C)c1F.CCCCCCCCCCCCCc1c[nH]c(C(=O)OC)c1F. The summed E-state index contributed by atoms with van der Waals surface area (Å²) in [6.07, 6.45) is 48.6. The number of methoxy groups -OCH3 is 1. The average Bonchev–Trinajstić information content (AvgIpc) is 4.05. The molecule has 0 fully saturated rings. The fourth-order valence-electron chi connectivity index (χ4n) is 8.97. The molecule has 0 unspecified atom stereocenters. The lowest BCUT2D eigenvalue weighted by atomic mass is 10.0. The second-order valence-electron chi connectivity index (χ2n) is 21.8. The topological polar surface area (TPSA) is 126 Å². The molecule has 0 aliphatic rings. The van der Waals surface area contributed by atoms with Crippen LogP contribution in [0.15, 0.2) is 18.6 Å². The van der Waals surface area contributed by atoms with Crippen molar-refractivity contribution >= 4 is 17.9 Å². The van der Waals surface area contributed by atoms with Crippen molar-refractivity contribution in [2.45, 2.75) is 298 Å². The molecule has 0 saturated carbocycles. The van der Waals surface area contributed by atoms with Gasteiger partial charge in [-0.25, -0.2) is 27.6 Å². The number of nitrogens with one attached hydrogen (secondary N) is 3. The van der Waals surface area contributed by atoms with Gasteiger partial charge in [0.2, 0.25) is 0 Å². The molecule has 0 aliphatic heterocycles. The molecule has 0 saturated heterocycles. The quantitative estimate of drug-likeness (QED) is 0.0296. The second-order valence-corrected chi connectivity index (χ2v) is 21.8. The van der Waals surface area contributed by atoms with E-state index in [1.807, 2.05) is 0 Å². The van der Waals surface area contributed by atoms with Crippen LogP contribution >= 0.6 is 0 Å².